The monoisotopic (exact) mass is 563 g/mol. The van der Waals surface area contributed by atoms with Crippen LogP contribution in [0.25, 0.3) is 22.0 Å². The number of nitrogens with zero attached hydrogens (tertiary/aromatic N) is 3. The Kier molecular flexibility index (Phi) is 8.18. The third-order valence-electron chi connectivity index (χ3n) is 6.28. The third kappa shape index (κ3) is 6.03. The molecule has 0 fully saturated rings. The molecule has 0 spiro atoms. The molecule has 198 valence electrons. The number of benzene rings is 3. The lowest BCUT2D eigenvalue weighted by Crippen LogP contribution is -2.16. The first-order valence-electron chi connectivity index (χ1n) is 11.6. The molecule has 0 amide bonds. The van der Waals surface area contributed by atoms with Gasteiger partial charge in [0.15, 0.2) is 0 Å². The van der Waals surface area contributed by atoms with Crippen molar-refractivity contribution in [2.45, 2.75) is 5.92 Å². The van der Waals surface area contributed by atoms with Crippen LogP contribution in [0.5, 0.6) is 0 Å². The second kappa shape index (κ2) is 11.6. The highest BCUT2D eigenvalue weighted by molar-refractivity contribution is 6.31. The van der Waals surface area contributed by atoms with Crippen molar-refractivity contribution >= 4 is 46.0 Å². The van der Waals surface area contributed by atoms with Crippen LogP contribution in [0.1, 0.15) is 22.7 Å². The van der Waals surface area contributed by atoms with Crippen molar-refractivity contribution in [3.05, 3.63) is 123 Å². The van der Waals surface area contributed by atoms with Crippen LogP contribution in [0.3, 0.4) is 0 Å². The molecule has 0 saturated heterocycles. The second-order valence-electron chi connectivity index (χ2n) is 8.77. The number of hydrogen-bond donors (Lipinski definition) is 2. The number of carboxylic acids is 2. The van der Waals surface area contributed by atoms with Crippen molar-refractivity contribution in [3.63, 3.8) is 0 Å². The lowest BCUT2D eigenvalue weighted by Gasteiger charge is -2.20. The highest BCUT2D eigenvalue weighted by atomic mass is 35.5. The molecule has 0 saturated carbocycles. The number of rotatable bonds is 4. The first kappa shape index (κ1) is 27.6. The Labute approximate surface area is 233 Å². The van der Waals surface area contributed by atoms with E-state index >= 15 is 0 Å². The van der Waals surface area contributed by atoms with Gasteiger partial charge in [0.25, 0.3) is 5.56 Å². The summed E-state index contributed by atoms with van der Waals surface area (Å²) in [5.41, 5.74) is 5.83. The summed E-state index contributed by atoms with van der Waals surface area (Å²) in [6.45, 7) is 0. The zero-order valence-electron chi connectivity index (χ0n) is 20.9. The molecule has 0 aliphatic heterocycles. The molecule has 0 radical (unpaired) electrons. The van der Waals surface area contributed by atoms with E-state index in [0.717, 1.165) is 38.9 Å². The highest BCUT2D eigenvalue weighted by Gasteiger charge is 2.21. The zero-order chi connectivity index (χ0) is 28.3. The molecule has 2 heterocycles. The van der Waals surface area contributed by atoms with E-state index in [1.807, 2.05) is 72.4 Å². The molecule has 1 atom stereocenters. The van der Waals surface area contributed by atoms with E-state index in [-0.39, 0.29) is 11.5 Å². The van der Waals surface area contributed by atoms with E-state index in [1.165, 1.54) is 0 Å². The van der Waals surface area contributed by atoms with E-state index in [4.69, 9.17) is 43.0 Å². The number of carboxylic acid groups (broad SMARTS) is 2. The summed E-state index contributed by atoms with van der Waals surface area (Å²) < 4.78 is 3.70. The lowest BCUT2D eigenvalue weighted by molar-refractivity contribution is -0.159. The topological polar surface area (TPSA) is 114 Å². The number of imidazole rings is 1. The van der Waals surface area contributed by atoms with Gasteiger partial charge in [0.05, 0.1) is 17.8 Å². The minimum atomic E-state index is -1.82. The van der Waals surface area contributed by atoms with Gasteiger partial charge in [-0.25, -0.2) is 14.6 Å². The summed E-state index contributed by atoms with van der Waals surface area (Å²) in [6, 6.07) is 23.4. The van der Waals surface area contributed by atoms with Crippen molar-refractivity contribution in [2.75, 3.05) is 0 Å². The van der Waals surface area contributed by atoms with E-state index in [2.05, 4.69) is 17.1 Å². The summed E-state index contributed by atoms with van der Waals surface area (Å²) in [7, 11) is 3.79. The Morgan fingerprint density at radius 3 is 2.10 bits per heavy atom. The Hall–Kier alpha value is -4.40. The molecule has 0 bridgehead atoms. The van der Waals surface area contributed by atoms with Crippen molar-refractivity contribution in [3.8, 4) is 11.1 Å². The van der Waals surface area contributed by atoms with Gasteiger partial charge in [-0.15, -0.1) is 0 Å². The van der Waals surface area contributed by atoms with Gasteiger partial charge in [-0.3, -0.25) is 4.79 Å². The Balaban J connectivity index is 0.000000531. The molecule has 0 aliphatic carbocycles. The van der Waals surface area contributed by atoms with Crippen LogP contribution in [0.15, 0.2) is 90.1 Å². The fraction of sp³-hybridized carbons (Fsp3) is 0.103. The number of pyridine rings is 1. The number of aliphatic carboxylic acids is 2. The Morgan fingerprint density at radius 2 is 1.51 bits per heavy atom. The van der Waals surface area contributed by atoms with E-state index in [0.29, 0.717) is 10.0 Å². The smallest absolute Gasteiger partial charge is 0.414 e. The van der Waals surface area contributed by atoms with Crippen molar-refractivity contribution in [2.24, 2.45) is 14.1 Å². The Morgan fingerprint density at radius 1 is 0.846 bits per heavy atom. The maximum Gasteiger partial charge on any atom is 0.414 e. The van der Waals surface area contributed by atoms with Crippen molar-refractivity contribution < 1.29 is 19.8 Å². The van der Waals surface area contributed by atoms with Gasteiger partial charge in [0, 0.05) is 47.5 Å². The molecule has 8 nitrogen and oxygen atoms in total. The van der Waals surface area contributed by atoms with Crippen LogP contribution >= 0.6 is 23.2 Å². The molecule has 3 aromatic carbocycles. The van der Waals surface area contributed by atoms with Crippen LogP contribution < -0.4 is 5.56 Å². The van der Waals surface area contributed by atoms with Crippen LogP contribution in [-0.4, -0.2) is 36.3 Å². The van der Waals surface area contributed by atoms with Crippen molar-refractivity contribution in [1.29, 1.82) is 0 Å². The predicted molar refractivity (Wildman–Crippen MR) is 151 cm³/mol. The maximum absolute atomic E-state index is 12.7. The average molecular weight is 564 g/mol. The fourth-order valence-corrected chi connectivity index (χ4v) is 4.70. The molecule has 5 aromatic rings. The van der Waals surface area contributed by atoms with Gasteiger partial charge in [0.2, 0.25) is 0 Å². The van der Waals surface area contributed by atoms with Crippen LogP contribution in [-0.2, 0) is 23.7 Å². The number of aromatic nitrogens is 3. The van der Waals surface area contributed by atoms with E-state index in [9.17, 15) is 4.79 Å². The standard InChI is InChI=1S/C27H21Cl2N3O.C2H2O4/c1-31-16-30-15-25(31)27(17-6-9-20(28)10-7-17)19-8-11-24-23(13-19)22(14-26(33)32(24)2)18-4-3-5-21(29)12-18;3-1(4)2(5)6/h3-16,27H,1-2H3;(H,3,4)(H,5,6). The van der Waals surface area contributed by atoms with E-state index < -0.39 is 11.9 Å². The predicted octanol–water partition coefficient (Wildman–Crippen LogP) is 5.58. The maximum atomic E-state index is 12.7. The van der Waals surface area contributed by atoms with Crippen LogP contribution in [0.4, 0.5) is 0 Å². The average Bonchev–Trinajstić information content (AvgIpc) is 3.33. The van der Waals surface area contributed by atoms with E-state index in [1.54, 1.807) is 24.0 Å². The van der Waals surface area contributed by atoms with Gasteiger partial charge < -0.3 is 19.3 Å². The molecule has 1 unspecified atom stereocenters. The molecular formula is C29H23Cl2N3O5. The van der Waals surface area contributed by atoms with Gasteiger partial charge in [-0.1, -0.05) is 53.5 Å². The quantitative estimate of drug-likeness (QED) is 0.276. The summed E-state index contributed by atoms with van der Waals surface area (Å²) in [5, 5.41) is 17.1. The van der Waals surface area contributed by atoms with Gasteiger partial charge in [-0.2, -0.15) is 0 Å². The van der Waals surface area contributed by atoms with Crippen LogP contribution in [0.2, 0.25) is 10.0 Å². The number of fused-ring (bicyclic) bond motifs is 1. The number of halogens is 2. The molecule has 0 aliphatic rings. The first-order valence-corrected chi connectivity index (χ1v) is 12.4. The zero-order valence-corrected chi connectivity index (χ0v) is 22.4. The minimum absolute atomic E-state index is 0.0522. The van der Waals surface area contributed by atoms with Gasteiger partial charge >= 0.3 is 11.9 Å². The first-order chi connectivity index (χ1) is 18.6. The largest absolute Gasteiger partial charge is 0.473 e. The van der Waals surface area contributed by atoms with Gasteiger partial charge in [-0.05, 0) is 58.7 Å². The second-order valence-corrected chi connectivity index (χ2v) is 9.64. The molecule has 39 heavy (non-hydrogen) atoms. The summed E-state index contributed by atoms with van der Waals surface area (Å²) in [6.07, 6.45) is 3.70. The number of hydrogen-bond acceptors (Lipinski definition) is 4. The Bertz CT molecular complexity index is 1730. The molecule has 2 aromatic heterocycles. The molecule has 10 heteroatoms. The van der Waals surface area contributed by atoms with Crippen molar-refractivity contribution in [1.82, 2.24) is 14.1 Å². The molecular weight excluding hydrogens is 541 g/mol. The molecule has 5 rings (SSSR count). The van der Waals surface area contributed by atoms with Gasteiger partial charge in [0.1, 0.15) is 0 Å². The lowest BCUT2D eigenvalue weighted by atomic mass is 9.87. The summed E-state index contributed by atoms with van der Waals surface area (Å²) >= 11 is 12.4. The fourth-order valence-electron chi connectivity index (χ4n) is 4.39. The summed E-state index contributed by atoms with van der Waals surface area (Å²) in [4.78, 5) is 35.3. The van der Waals surface area contributed by atoms with Crippen LogP contribution in [0, 0.1) is 0 Å². The normalized spacial score (nSPS) is 11.5. The highest BCUT2D eigenvalue weighted by Crippen LogP contribution is 2.36. The number of carbonyl (C=O) groups is 2. The SMILES string of the molecule is Cn1cncc1C(c1ccc(Cl)cc1)c1ccc2c(c1)c(-c1cccc(Cl)c1)cc(=O)n2C.O=C(O)C(=O)O. The minimum Gasteiger partial charge on any atom is -0.473 e. The number of aryl methyl sites for hydroxylation is 2. The summed E-state index contributed by atoms with van der Waals surface area (Å²) in [5.74, 6) is -3.70. The molecule has 2 N–H and O–H groups in total. The third-order valence-corrected chi connectivity index (χ3v) is 6.76.